The molecule has 0 aliphatic carbocycles. The Balaban J connectivity index is 3.21. The lowest BCUT2D eigenvalue weighted by Crippen LogP contribution is -2.14. The lowest BCUT2D eigenvalue weighted by molar-refractivity contribution is 0.248. The van der Waals surface area contributed by atoms with Crippen LogP contribution in [0.25, 0.3) is 0 Å². The molecule has 0 atom stereocenters. The van der Waals surface area contributed by atoms with Crippen LogP contribution in [0.4, 0.5) is 0 Å². The van der Waals surface area contributed by atoms with Gasteiger partial charge in [-0.2, -0.15) is 0 Å². The van der Waals surface area contributed by atoms with Gasteiger partial charge in [0.15, 0.2) is 0 Å². The highest BCUT2D eigenvalue weighted by Gasteiger charge is 2.10. The van der Waals surface area contributed by atoms with E-state index in [4.69, 9.17) is 4.65 Å². The van der Waals surface area contributed by atoms with Crippen molar-refractivity contribution < 1.29 is 4.65 Å². The van der Waals surface area contributed by atoms with E-state index in [9.17, 15) is 0 Å². The van der Waals surface area contributed by atoms with Gasteiger partial charge in [-0.15, -0.1) is 0 Å². The van der Waals surface area contributed by atoms with Crippen molar-refractivity contribution in [2.24, 2.45) is 5.41 Å². The summed E-state index contributed by atoms with van der Waals surface area (Å²) in [5, 5.41) is 0. The topological polar surface area (TPSA) is 9.23 Å². The first-order chi connectivity index (χ1) is 4.42. The average Bonchev–Trinajstić information content (AvgIpc) is 1.59. The highest BCUT2D eigenvalue weighted by Crippen LogP contribution is 2.18. The van der Waals surface area contributed by atoms with Crippen LogP contribution in [0.15, 0.2) is 0 Å². The Morgan fingerprint density at radius 2 is 1.80 bits per heavy atom. The normalized spacial score (nSPS) is 12.2. The van der Waals surface area contributed by atoms with E-state index in [1.165, 1.54) is 0 Å². The Morgan fingerprint density at radius 3 is 2.10 bits per heavy atom. The monoisotopic (exact) mass is 142 g/mol. The first kappa shape index (κ1) is 10.0. The van der Waals surface area contributed by atoms with Crippen molar-refractivity contribution in [3.05, 3.63) is 0 Å². The molecule has 0 radical (unpaired) electrons. The molecule has 0 fully saturated rings. The Labute approximate surface area is 65.4 Å². The van der Waals surface area contributed by atoms with E-state index in [2.05, 4.69) is 34.6 Å². The molecule has 0 aromatic rings. The first-order valence-electron chi connectivity index (χ1n) is 4.03. The molecular formula is C8H19BO. The quantitative estimate of drug-likeness (QED) is 0.549. The van der Waals surface area contributed by atoms with Crippen LogP contribution >= 0.6 is 0 Å². The van der Waals surface area contributed by atoms with E-state index in [0.29, 0.717) is 11.5 Å². The van der Waals surface area contributed by atoms with Crippen LogP contribution in [0.1, 0.15) is 34.6 Å². The number of rotatable bonds is 3. The van der Waals surface area contributed by atoms with Crippen LogP contribution < -0.4 is 0 Å². The van der Waals surface area contributed by atoms with Crippen LogP contribution in [0, 0.1) is 5.41 Å². The molecule has 0 aromatic carbocycles. The molecule has 0 amide bonds. The van der Waals surface area contributed by atoms with Crippen molar-refractivity contribution in [1.82, 2.24) is 0 Å². The van der Waals surface area contributed by atoms with Crippen molar-refractivity contribution in [2.45, 2.75) is 47.0 Å². The third kappa shape index (κ3) is 8.02. The molecule has 60 valence electrons. The molecule has 0 bridgehead atoms. The molecule has 0 saturated heterocycles. The maximum absolute atomic E-state index is 5.42. The van der Waals surface area contributed by atoms with Crippen molar-refractivity contribution >= 4 is 7.48 Å². The maximum atomic E-state index is 5.42. The summed E-state index contributed by atoms with van der Waals surface area (Å²) in [7, 11) is 0.890. The van der Waals surface area contributed by atoms with E-state index in [-0.39, 0.29) is 0 Å². The third-order valence-corrected chi connectivity index (χ3v) is 1.30. The Bertz CT molecular complexity index is 83.7. The van der Waals surface area contributed by atoms with Crippen molar-refractivity contribution in [1.29, 1.82) is 0 Å². The molecule has 0 aliphatic heterocycles. The predicted octanol–water partition coefficient (Wildman–Crippen LogP) is 2.23. The minimum atomic E-state index is 0.377. The molecule has 0 N–H and O–H groups in total. The van der Waals surface area contributed by atoms with Crippen LogP contribution in [0.2, 0.25) is 6.32 Å². The maximum Gasteiger partial charge on any atom is 0.275 e. The summed E-state index contributed by atoms with van der Waals surface area (Å²) in [5.74, 6) is 0. The zero-order valence-electron chi connectivity index (χ0n) is 7.90. The largest absolute Gasteiger partial charge is 0.437 e. The lowest BCUT2D eigenvalue weighted by Gasteiger charge is -2.17. The zero-order valence-corrected chi connectivity index (χ0v) is 7.90. The molecule has 0 saturated carbocycles. The second kappa shape index (κ2) is 4.02. The molecule has 1 nitrogen and oxygen atoms in total. The van der Waals surface area contributed by atoms with Crippen LogP contribution in [0.3, 0.4) is 0 Å². The second-order valence-electron chi connectivity index (χ2n) is 4.23. The van der Waals surface area contributed by atoms with Gasteiger partial charge in [0, 0.05) is 6.10 Å². The van der Waals surface area contributed by atoms with Gasteiger partial charge >= 0.3 is 0 Å². The fourth-order valence-corrected chi connectivity index (χ4v) is 0.601. The predicted molar refractivity (Wildman–Crippen MR) is 47.6 cm³/mol. The molecule has 0 heterocycles. The van der Waals surface area contributed by atoms with Crippen molar-refractivity contribution in [3.63, 3.8) is 0 Å². The van der Waals surface area contributed by atoms with Gasteiger partial charge in [-0.1, -0.05) is 20.8 Å². The average molecular weight is 142 g/mol. The van der Waals surface area contributed by atoms with E-state index in [1.807, 2.05) is 0 Å². The van der Waals surface area contributed by atoms with Gasteiger partial charge < -0.3 is 4.65 Å². The second-order valence-corrected chi connectivity index (χ2v) is 4.23. The molecule has 10 heavy (non-hydrogen) atoms. The summed E-state index contributed by atoms with van der Waals surface area (Å²) in [5.41, 5.74) is 0.412. The highest BCUT2D eigenvalue weighted by molar-refractivity contribution is 6.27. The summed E-state index contributed by atoms with van der Waals surface area (Å²) in [6, 6.07) is 0. The van der Waals surface area contributed by atoms with E-state index in [0.717, 1.165) is 13.8 Å². The van der Waals surface area contributed by atoms with Gasteiger partial charge in [-0.3, -0.25) is 0 Å². The summed E-state index contributed by atoms with van der Waals surface area (Å²) in [6.07, 6.45) is 1.52. The van der Waals surface area contributed by atoms with Gasteiger partial charge in [0.1, 0.15) is 0 Å². The summed E-state index contributed by atoms with van der Waals surface area (Å²) < 4.78 is 5.42. The van der Waals surface area contributed by atoms with Gasteiger partial charge in [-0.05, 0) is 25.6 Å². The van der Waals surface area contributed by atoms with Crippen molar-refractivity contribution in [3.8, 4) is 0 Å². The molecule has 0 aromatic heterocycles. The summed E-state index contributed by atoms with van der Waals surface area (Å²) in [4.78, 5) is 0. The molecule has 0 aliphatic rings. The summed E-state index contributed by atoms with van der Waals surface area (Å²) in [6.45, 7) is 10.8. The fraction of sp³-hybridized carbons (Fsp3) is 1.00. The van der Waals surface area contributed by atoms with Gasteiger partial charge in [0.2, 0.25) is 0 Å². The molecular weight excluding hydrogens is 123 g/mol. The Hall–Kier alpha value is 0.0249. The number of hydrogen-bond acceptors (Lipinski definition) is 1. The smallest absolute Gasteiger partial charge is 0.275 e. The standard InChI is InChI=1S/C8H19BO/c1-7(2)10-9-6-8(3,4)5/h7,9H,6H2,1-5H3. The third-order valence-electron chi connectivity index (χ3n) is 1.30. The summed E-state index contributed by atoms with van der Waals surface area (Å²) >= 11 is 0. The first-order valence-corrected chi connectivity index (χ1v) is 4.03. The van der Waals surface area contributed by atoms with Gasteiger partial charge in [0.05, 0.1) is 0 Å². The fourth-order valence-electron chi connectivity index (χ4n) is 0.601. The van der Waals surface area contributed by atoms with E-state index in [1.54, 1.807) is 0 Å². The van der Waals surface area contributed by atoms with Crippen LogP contribution in [-0.4, -0.2) is 13.6 Å². The van der Waals surface area contributed by atoms with Gasteiger partial charge in [0.25, 0.3) is 7.48 Å². The number of hydrogen-bond donors (Lipinski definition) is 0. The Morgan fingerprint density at radius 1 is 1.30 bits per heavy atom. The Kier molecular flexibility index (Phi) is 4.03. The van der Waals surface area contributed by atoms with Gasteiger partial charge in [-0.25, -0.2) is 0 Å². The van der Waals surface area contributed by atoms with E-state index < -0.39 is 0 Å². The minimum absolute atomic E-state index is 0.377. The lowest BCUT2D eigenvalue weighted by atomic mass is 9.76. The molecule has 0 spiro atoms. The molecule has 0 rings (SSSR count). The minimum Gasteiger partial charge on any atom is -0.437 e. The van der Waals surface area contributed by atoms with Crippen molar-refractivity contribution in [2.75, 3.05) is 0 Å². The van der Waals surface area contributed by atoms with Crippen LogP contribution in [-0.2, 0) is 4.65 Å². The molecule has 2 heteroatoms. The zero-order chi connectivity index (χ0) is 8.20. The highest BCUT2D eigenvalue weighted by atomic mass is 16.4. The van der Waals surface area contributed by atoms with E-state index >= 15 is 0 Å². The SMILES string of the molecule is CC(C)OBCC(C)(C)C. The van der Waals surface area contributed by atoms with Crippen LogP contribution in [0.5, 0.6) is 0 Å². The molecule has 0 unspecified atom stereocenters.